The molecule has 0 saturated carbocycles. The third kappa shape index (κ3) is 5.46. The van der Waals surface area contributed by atoms with Crippen molar-refractivity contribution in [2.24, 2.45) is 5.92 Å². The van der Waals surface area contributed by atoms with Crippen LogP contribution in [0, 0.1) is 5.92 Å². The lowest BCUT2D eigenvalue weighted by Crippen LogP contribution is -2.46. The summed E-state index contributed by atoms with van der Waals surface area (Å²) in [5.74, 6) is -0.494. The van der Waals surface area contributed by atoms with Gasteiger partial charge in [-0.1, -0.05) is 67.6 Å². The molecule has 6 rings (SSSR count). The maximum absolute atomic E-state index is 12.8. The number of ether oxygens (including phenoxy) is 2. The number of aliphatic hydroxyl groups excluding tert-OH is 2. The van der Waals surface area contributed by atoms with Gasteiger partial charge in [0.15, 0.2) is 6.29 Å². The van der Waals surface area contributed by atoms with Gasteiger partial charge in [0.2, 0.25) is 0 Å². The molecular weight excluding hydrogens is 520 g/mol. The Labute approximate surface area is 240 Å². The van der Waals surface area contributed by atoms with Crippen molar-refractivity contribution in [3.63, 3.8) is 0 Å². The second-order valence-electron chi connectivity index (χ2n) is 11.3. The number of likely N-dealkylation sites (tertiary alicyclic amines) is 1. The Morgan fingerprint density at radius 1 is 0.829 bits per heavy atom. The Hall–Kier alpha value is -3.40. The van der Waals surface area contributed by atoms with E-state index in [1.165, 1.54) is 4.90 Å². The maximum atomic E-state index is 12.8. The van der Waals surface area contributed by atoms with Crippen LogP contribution in [0.2, 0.25) is 0 Å². The van der Waals surface area contributed by atoms with Crippen LogP contribution < -0.4 is 0 Å². The van der Waals surface area contributed by atoms with Gasteiger partial charge in [-0.2, -0.15) is 0 Å². The van der Waals surface area contributed by atoms with E-state index in [-0.39, 0.29) is 55.7 Å². The molecule has 3 aliphatic rings. The van der Waals surface area contributed by atoms with E-state index in [4.69, 9.17) is 9.47 Å². The molecule has 214 valence electrons. The molecule has 8 nitrogen and oxygen atoms in total. The molecule has 2 fully saturated rings. The number of nitrogens with zero attached hydrogens (tertiary/aromatic N) is 2. The smallest absolute Gasteiger partial charge is 0.261 e. The van der Waals surface area contributed by atoms with Crippen LogP contribution in [0.4, 0.5) is 0 Å². The van der Waals surface area contributed by atoms with E-state index in [0.717, 1.165) is 41.6 Å². The first-order valence-corrected chi connectivity index (χ1v) is 14.4. The molecule has 3 heterocycles. The molecule has 41 heavy (non-hydrogen) atoms. The van der Waals surface area contributed by atoms with E-state index in [0.29, 0.717) is 17.7 Å². The Morgan fingerprint density at radius 2 is 1.46 bits per heavy atom. The van der Waals surface area contributed by atoms with Crippen LogP contribution in [0.3, 0.4) is 0 Å². The molecule has 2 N–H and O–H groups in total. The van der Waals surface area contributed by atoms with Crippen LogP contribution in [0.15, 0.2) is 72.8 Å². The normalized spacial score (nSPS) is 26.5. The zero-order valence-electron chi connectivity index (χ0n) is 23.2. The van der Waals surface area contributed by atoms with Crippen molar-refractivity contribution in [2.75, 3.05) is 19.7 Å². The molecule has 5 atom stereocenters. The van der Waals surface area contributed by atoms with E-state index in [9.17, 15) is 19.8 Å². The zero-order valence-corrected chi connectivity index (χ0v) is 23.2. The average molecular weight is 557 g/mol. The van der Waals surface area contributed by atoms with Gasteiger partial charge in [0.05, 0.1) is 43.1 Å². The summed E-state index contributed by atoms with van der Waals surface area (Å²) in [5.41, 5.74) is 4.44. The number of carbonyl (C=O) groups is 2. The minimum Gasteiger partial charge on any atom is -0.395 e. The fraction of sp³-hybridized carbons (Fsp3) is 0.394. The Balaban J connectivity index is 1.21. The van der Waals surface area contributed by atoms with Crippen molar-refractivity contribution in [3.8, 4) is 0 Å². The number of rotatable bonds is 8. The lowest BCUT2D eigenvalue weighted by molar-refractivity contribution is -0.276. The molecule has 0 unspecified atom stereocenters. The largest absolute Gasteiger partial charge is 0.395 e. The molecular formula is C33H36N2O6. The number of hydrogen-bond acceptors (Lipinski definition) is 7. The first kappa shape index (κ1) is 27.8. The summed E-state index contributed by atoms with van der Waals surface area (Å²) >= 11 is 0. The topological polar surface area (TPSA) is 99.5 Å². The van der Waals surface area contributed by atoms with Gasteiger partial charge in [0.1, 0.15) is 0 Å². The monoisotopic (exact) mass is 556 g/mol. The summed E-state index contributed by atoms with van der Waals surface area (Å²) in [4.78, 5) is 29.2. The van der Waals surface area contributed by atoms with Gasteiger partial charge in [-0.25, -0.2) is 0 Å². The highest BCUT2D eigenvalue weighted by Crippen LogP contribution is 2.42. The van der Waals surface area contributed by atoms with Crippen LogP contribution >= 0.6 is 0 Å². The van der Waals surface area contributed by atoms with Gasteiger partial charge in [0, 0.05) is 24.1 Å². The molecule has 0 bridgehead atoms. The predicted molar refractivity (Wildman–Crippen MR) is 152 cm³/mol. The summed E-state index contributed by atoms with van der Waals surface area (Å²) in [6.45, 7) is 4.10. The molecule has 0 radical (unpaired) electrons. The van der Waals surface area contributed by atoms with Gasteiger partial charge >= 0.3 is 0 Å². The van der Waals surface area contributed by atoms with Gasteiger partial charge in [-0.05, 0) is 48.2 Å². The average Bonchev–Trinajstić information content (AvgIpc) is 3.56. The number of fused-ring (bicyclic) bond motifs is 1. The predicted octanol–water partition coefficient (Wildman–Crippen LogP) is 4.22. The minimum absolute atomic E-state index is 0.0136. The number of benzene rings is 3. The van der Waals surface area contributed by atoms with Gasteiger partial charge in [-0.3, -0.25) is 19.4 Å². The number of amides is 2. The molecule has 8 heteroatoms. The molecule has 0 aliphatic carbocycles. The second kappa shape index (κ2) is 11.8. The highest BCUT2D eigenvalue weighted by atomic mass is 16.7. The van der Waals surface area contributed by atoms with Crippen LogP contribution in [0.25, 0.3) is 0 Å². The van der Waals surface area contributed by atoms with Gasteiger partial charge in [-0.15, -0.1) is 0 Å². The Morgan fingerprint density at radius 3 is 2.10 bits per heavy atom. The standard InChI is InChI=1S/C33H36N2O6/c1-21-29(18-34-16-4-5-26(34)20-37)40-33(41-30(21)24-12-10-23(19-36)11-13-24)25-14-8-22(9-15-25)17-35-31(38)27-6-2-3-7-28(27)32(35)39/h2-3,6-15,21,26,29-30,33,36-37H,4-5,16-20H2,1H3/t21-,26-,29+,30+,33+/m0/s1. The minimum atomic E-state index is -0.609. The quantitative estimate of drug-likeness (QED) is 0.401. The fourth-order valence-electron chi connectivity index (χ4n) is 6.25. The van der Waals surface area contributed by atoms with Gasteiger partial charge < -0.3 is 19.7 Å². The van der Waals surface area contributed by atoms with Crippen LogP contribution in [-0.2, 0) is 22.6 Å². The Bertz CT molecular complexity index is 1360. The lowest BCUT2D eigenvalue weighted by atomic mass is 9.90. The summed E-state index contributed by atoms with van der Waals surface area (Å²) in [5, 5.41) is 19.4. The molecule has 0 spiro atoms. The summed E-state index contributed by atoms with van der Waals surface area (Å²) < 4.78 is 13.2. The number of carbonyl (C=O) groups excluding carboxylic acids is 2. The van der Waals surface area contributed by atoms with Crippen molar-refractivity contribution in [1.29, 1.82) is 0 Å². The molecule has 3 aliphatic heterocycles. The molecule has 3 aromatic carbocycles. The zero-order chi connectivity index (χ0) is 28.5. The first-order valence-electron chi connectivity index (χ1n) is 14.4. The molecule has 2 saturated heterocycles. The summed E-state index contributed by atoms with van der Waals surface area (Å²) in [6, 6.07) is 22.6. The third-order valence-electron chi connectivity index (χ3n) is 8.72. The Kier molecular flexibility index (Phi) is 8.01. The van der Waals surface area contributed by atoms with Gasteiger partial charge in [0.25, 0.3) is 11.8 Å². The highest BCUT2D eigenvalue weighted by Gasteiger charge is 2.40. The van der Waals surface area contributed by atoms with Crippen LogP contribution in [0.5, 0.6) is 0 Å². The van der Waals surface area contributed by atoms with Crippen LogP contribution in [0.1, 0.15) is 75.1 Å². The fourth-order valence-corrected chi connectivity index (χ4v) is 6.25. The third-order valence-corrected chi connectivity index (χ3v) is 8.72. The van der Waals surface area contributed by atoms with Crippen molar-refractivity contribution in [1.82, 2.24) is 9.80 Å². The SMILES string of the molecule is C[C@H]1[C@@H](CN2CCC[C@H]2CO)O[C@@H](c2ccc(CN3C(=O)c4ccccc4C3=O)cc2)O[C@H]1c1ccc(CO)cc1. The van der Waals surface area contributed by atoms with Crippen molar-refractivity contribution in [3.05, 3.63) is 106 Å². The van der Waals surface area contributed by atoms with E-state index in [2.05, 4.69) is 11.8 Å². The first-order chi connectivity index (χ1) is 20.0. The van der Waals surface area contributed by atoms with Crippen LogP contribution in [-0.4, -0.2) is 63.7 Å². The van der Waals surface area contributed by atoms with E-state index >= 15 is 0 Å². The van der Waals surface area contributed by atoms with E-state index in [1.54, 1.807) is 24.3 Å². The van der Waals surface area contributed by atoms with Crippen molar-refractivity contribution < 1.29 is 29.3 Å². The lowest BCUT2D eigenvalue weighted by Gasteiger charge is -2.43. The second-order valence-corrected chi connectivity index (χ2v) is 11.3. The van der Waals surface area contributed by atoms with E-state index in [1.807, 2.05) is 48.5 Å². The molecule has 0 aromatic heterocycles. The molecule has 2 amide bonds. The summed E-state index contributed by atoms with van der Waals surface area (Å²) in [6.07, 6.45) is 1.09. The van der Waals surface area contributed by atoms with Crippen molar-refractivity contribution >= 4 is 11.8 Å². The van der Waals surface area contributed by atoms with E-state index < -0.39 is 6.29 Å². The number of hydrogen-bond donors (Lipinski definition) is 2. The molecule has 3 aromatic rings. The number of aliphatic hydroxyl groups is 2. The number of imide groups is 1. The highest BCUT2D eigenvalue weighted by molar-refractivity contribution is 6.21. The maximum Gasteiger partial charge on any atom is 0.261 e. The van der Waals surface area contributed by atoms with Crippen molar-refractivity contribution in [2.45, 2.75) is 57.5 Å². The summed E-state index contributed by atoms with van der Waals surface area (Å²) in [7, 11) is 0.